The molecule has 6 heteroatoms. The zero-order valence-corrected chi connectivity index (χ0v) is 13.0. The lowest BCUT2D eigenvalue weighted by atomic mass is 9.86. The first-order chi connectivity index (χ1) is 9.72. The quantitative estimate of drug-likeness (QED) is 0.554. The van der Waals surface area contributed by atoms with Crippen molar-refractivity contribution in [3.8, 4) is 0 Å². The number of aliphatic hydroxyl groups excluding tert-OH is 1. The van der Waals surface area contributed by atoms with Gasteiger partial charge in [-0.15, -0.1) is 0 Å². The van der Waals surface area contributed by atoms with E-state index < -0.39 is 0 Å². The third-order valence-corrected chi connectivity index (χ3v) is 4.21. The molecule has 2 atom stereocenters. The van der Waals surface area contributed by atoms with Crippen molar-refractivity contribution in [2.45, 2.75) is 43.9 Å². The molecule has 3 N–H and O–H groups in total. The molecule has 1 heterocycles. The van der Waals surface area contributed by atoms with Crippen molar-refractivity contribution in [3.63, 3.8) is 0 Å². The second-order valence-electron chi connectivity index (χ2n) is 5.15. The summed E-state index contributed by atoms with van der Waals surface area (Å²) in [6.07, 6.45) is 6.17. The van der Waals surface area contributed by atoms with E-state index in [0.29, 0.717) is 5.92 Å². The Bertz CT molecular complexity index is 430. The summed E-state index contributed by atoms with van der Waals surface area (Å²) in [5, 5.41) is 17.3. The van der Waals surface area contributed by atoms with Crippen molar-refractivity contribution in [1.82, 2.24) is 9.97 Å². The monoisotopic (exact) mass is 296 g/mol. The number of aliphatic hydroxyl groups is 1. The maximum absolute atomic E-state index is 10.00. The van der Waals surface area contributed by atoms with Gasteiger partial charge >= 0.3 is 0 Å². The van der Waals surface area contributed by atoms with Gasteiger partial charge in [-0.3, -0.25) is 0 Å². The molecule has 0 aliphatic heterocycles. The lowest BCUT2D eigenvalue weighted by Gasteiger charge is -2.27. The third-order valence-electron chi connectivity index (χ3n) is 3.66. The number of nitrogens with one attached hydrogen (secondary N) is 2. The second kappa shape index (κ2) is 7.69. The van der Waals surface area contributed by atoms with Crippen LogP contribution in [0.3, 0.4) is 0 Å². The lowest BCUT2D eigenvalue weighted by molar-refractivity contribution is 0.0763. The minimum Gasteiger partial charge on any atom is -0.393 e. The topological polar surface area (TPSA) is 70.1 Å². The Morgan fingerprint density at radius 2 is 1.95 bits per heavy atom. The fourth-order valence-corrected chi connectivity index (χ4v) is 2.92. The summed E-state index contributed by atoms with van der Waals surface area (Å²) in [4.78, 5) is 8.87. The summed E-state index contributed by atoms with van der Waals surface area (Å²) in [7, 11) is 0. The van der Waals surface area contributed by atoms with Crippen LogP contribution in [0.4, 0.5) is 11.6 Å². The van der Waals surface area contributed by atoms with Gasteiger partial charge in [0.25, 0.3) is 0 Å². The average molecular weight is 296 g/mol. The third kappa shape index (κ3) is 4.24. The van der Waals surface area contributed by atoms with Crippen LogP contribution in [-0.2, 0) is 0 Å². The summed E-state index contributed by atoms with van der Waals surface area (Å²) in [6, 6.07) is 1.93. The number of thioether (sulfide) groups is 1. The van der Waals surface area contributed by atoms with E-state index in [1.165, 1.54) is 18.2 Å². The van der Waals surface area contributed by atoms with Crippen molar-refractivity contribution in [1.29, 1.82) is 0 Å². The average Bonchev–Trinajstić information content (AvgIpc) is 2.46. The number of aromatic nitrogens is 2. The van der Waals surface area contributed by atoms with E-state index in [1.807, 2.05) is 19.2 Å². The van der Waals surface area contributed by atoms with E-state index >= 15 is 0 Å². The van der Waals surface area contributed by atoms with Crippen LogP contribution in [0.25, 0.3) is 0 Å². The predicted molar refractivity (Wildman–Crippen MR) is 84.4 cm³/mol. The number of nitrogens with zero attached hydrogens (tertiary/aromatic N) is 2. The van der Waals surface area contributed by atoms with Crippen molar-refractivity contribution in [3.05, 3.63) is 6.07 Å². The molecule has 112 valence electrons. The van der Waals surface area contributed by atoms with Gasteiger partial charge in [0.1, 0.15) is 11.6 Å². The van der Waals surface area contributed by atoms with E-state index in [2.05, 4.69) is 20.6 Å². The van der Waals surface area contributed by atoms with Crippen molar-refractivity contribution in [2.75, 3.05) is 30.0 Å². The van der Waals surface area contributed by atoms with E-state index in [-0.39, 0.29) is 6.10 Å². The maximum Gasteiger partial charge on any atom is 0.191 e. The molecule has 1 aromatic heterocycles. The molecule has 20 heavy (non-hydrogen) atoms. The molecule has 1 aliphatic carbocycles. The molecule has 0 saturated heterocycles. The standard InChI is InChI=1S/C14H24N4OS/c1-3-15-12-8-13(18-14(17-12)20-2)16-9-10-6-4-5-7-11(10)19/h8,10-11,19H,3-7,9H2,1-2H3,(H2,15,16,17,18). The Morgan fingerprint density at radius 3 is 2.60 bits per heavy atom. The van der Waals surface area contributed by atoms with Gasteiger partial charge in [-0.25, -0.2) is 9.97 Å². The van der Waals surface area contributed by atoms with Crippen molar-refractivity contribution in [2.24, 2.45) is 5.92 Å². The fourth-order valence-electron chi connectivity index (χ4n) is 2.54. The van der Waals surface area contributed by atoms with Gasteiger partial charge in [-0.05, 0) is 26.0 Å². The highest BCUT2D eigenvalue weighted by molar-refractivity contribution is 7.98. The van der Waals surface area contributed by atoms with E-state index in [1.54, 1.807) is 0 Å². The molecule has 2 rings (SSSR count). The molecule has 2 unspecified atom stereocenters. The van der Waals surface area contributed by atoms with Gasteiger partial charge in [0.2, 0.25) is 0 Å². The highest BCUT2D eigenvalue weighted by atomic mass is 32.2. The molecule has 1 aromatic rings. The van der Waals surface area contributed by atoms with E-state index in [4.69, 9.17) is 0 Å². The zero-order chi connectivity index (χ0) is 14.4. The van der Waals surface area contributed by atoms with Crippen LogP contribution >= 0.6 is 11.8 Å². The Labute approximate surface area is 125 Å². The number of hydrogen-bond donors (Lipinski definition) is 3. The highest BCUT2D eigenvalue weighted by Gasteiger charge is 2.22. The molecule has 0 amide bonds. The molecule has 1 saturated carbocycles. The largest absolute Gasteiger partial charge is 0.393 e. The first-order valence-electron chi connectivity index (χ1n) is 7.31. The summed E-state index contributed by atoms with van der Waals surface area (Å²) >= 11 is 1.53. The van der Waals surface area contributed by atoms with Crippen LogP contribution in [0.5, 0.6) is 0 Å². The van der Waals surface area contributed by atoms with Crippen molar-refractivity contribution < 1.29 is 5.11 Å². The smallest absolute Gasteiger partial charge is 0.191 e. The lowest BCUT2D eigenvalue weighted by Crippen LogP contribution is -2.30. The summed E-state index contributed by atoms with van der Waals surface area (Å²) in [5.74, 6) is 2.01. The highest BCUT2D eigenvalue weighted by Crippen LogP contribution is 2.25. The molecule has 0 bridgehead atoms. The number of hydrogen-bond acceptors (Lipinski definition) is 6. The molecule has 0 aromatic carbocycles. The molecule has 0 radical (unpaired) electrons. The van der Waals surface area contributed by atoms with Gasteiger partial charge in [0.15, 0.2) is 5.16 Å². The molecule has 5 nitrogen and oxygen atoms in total. The van der Waals surface area contributed by atoms with Gasteiger partial charge < -0.3 is 15.7 Å². The summed E-state index contributed by atoms with van der Waals surface area (Å²) < 4.78 is 0. The molecular weight excluding hydrogens is 272 g/mol. The van der Waals surface area contributed by atoms with Crippen molar-refractivity contribution >= 4 is 23.4 Å². The predicted octanol–water partition coefficient (Wildman–Crippen LogP) is 2.59. The van der Waals surface area contributed by atoms with E-state index in [0.717, 1.165) is 49.1 Å². The molecular formula is C14H24N4OS. The summed E-state index contributed by atoms with van der Waals surface area (Å²) in [6.45, 7) is 3.66. The molecule has 1 fully saturated rings. The molecule has 0 spiro atoms. The van der Waals surface area contributed by atoms with Gasteiger partial charge in [-0.1, -0.05) is 24.6 Å². The van der Waals surface area contributed by atoms with Gasteiger partial charge in [0.05, 0.1) is 6.10 Å². The first kappa shape index (κ1) is 15.4. The Hall–Kier alpha value is -1.01. The Balaban J connectivity index is 1.98. The molecule has 1 aliphatic rings. The Morgan fingerprint density at radius 1 is 1.25 bits per heavy atom. The first-order valence-corrected chi connectivity index (χ1v) is 8.54. The van der Waals surface area contributed by atoms with Crippen LogP contribution in [0.15, 0.2) is 11.2 Å². The number of anilines is 2. The Kier molecular flexibility index (Phi) is 5.91. The minimum absolute atomic E-state index is 0.175. The number of rotatable bonds is 6. The summed E-state index contributed by atoms with van der Waals surface area (Å²) in [5.41, 5.74) is 0. The minimum atomic E-state index is -0.175. The van der Waals surface area contributed by atoms with Gasteiger partial charge in [-0.2, -0.15) is 0 Å². The second-order valence-corrected chi connectivity index (χ2v) is 5.92. The van der Waals surface area contributed by atoms with Crippen LogP contribution in [0.2, 0.25) is 0 Å². The van der Waals surface area contributed by atoms with Crippen LogP contribution in [-0.4, -0.2) is 40.5 Å². The normalized spacial score (nSPS) is 22.6. The zero-order valence-electron chi connectivity index (χ0n) is 12.2. The van der Waals surface area contributed by atoms with E-state index in [9.17, 15) is 5.11 Å². The van der Waals surface area contributed by atoms with Crippen LogP contribution < -0.4 is 10.6 Å². The fraction of sp³-hybridized carbons (Fsp3) is 0.714. The maximum atomic E-state index is 10.00. The SMILES string of the molecule is CCNc1cc(NCC2CCCCC2O)nc(SC)n1. The van der Waals surface area contributed by atoms with Crippen LogP contribution in [0, 0.1) is 5.92 Å². The van der Waals surface area contributed by atoms with Crippen LogP contribution in [0.1, 0.15) is 32.6 Å². The van der Waals surface area contributed by atoms with Gasteiger partial charge in [0, 0.05) is 25.1 Å².